The van der Waals surface area contributed by atoms with Gasteiger partial charge in [-0.25, -0.2) is 13.3 Å². The molecule has 2 aliphatic rings. The van der Waals surface area contributed by atoms with Crippen LogP contribution in [0.25, 0.3) is 0 Å². The predicted octanol–water partition coefficient (Wildman–Crippen LogP) is 3.78. The zero-order valence-electron chi connectivity index (χ0n) is 18.2. The predicted molar refractivity (Wildman–Crippen MR) is 121 cm³/mol. The standard InChI is InChI=1S/C24H31FN2O3S/c1-16-7-10-18-11-14-22(26-31(2)29)23(27(18)24(16)28)15-30-19-12-8-17(9-13-19)20-5-3-4-6-21(20)25/h3-7,10,17,19,22-23,26H,8-9,11-15H2,1-2H3. The van der Waals surface area contributed by atoms with Gasteiger partial charge in [0, 0.05) is 23.6 Å². The zero-order chi connectivity index (χ0) is 22.0. The van der Waals surface area contributed by atoms with Gasteiger partial charge in [-0.1, -0.05) is 24.3 Å². The van der Waals surface area contributed by atoms with E-state index in [-0.39, 0.29) is 35.5 Å². The summed E-state index contributed by atoms with van der Waals surface area (Å²) in [5.41, 5.74) is 2.52. The molecule has 5 nitrogen and oxygen atoms in total. The Kier molecular flexibility index (Phi) is 7.04. The molecule has 4 rings (SSSR count). The highest BCUT2D eigenvalue weighted by atomic mass is 32.2. The van der Waals surface area contributed by atoms with E-state index >= 15 is 0 Å². The molecule has 168 valence electrons. The van der Waals surface area contributed by atoms with Crippen molar-refractivity contribution in [1.29, 1.82) is 0 Å². The minimum Gasteiger partial charge on any atom is -0.376 e. The molecule has 0 bridgehead atoms. The van der Waals surface area contributed by atoms with E-state index in [1.54, 1.807) is 12.3 Å². The number of hydrogen-bond donors (Lipinski definition) is 1. The fourth-order valence-electron chi connectivity index (χ4n) is 5.06. The third-order valence-corrected chi connectivity index (χ3v) is 7.37. The van der Waals surface area contributed by atoms with E-state index in [9.17, 15) is 13.4 Å². The average molecular weight is 447 g/mol. The number of pyridine rings is 1. The summed E-state index contributed by atoms with van der Waals surface area (Å²) in [7, 11) is -1.17. The minimum absolute atomic E-state index is 0.00254. The van der Waals surface area contributed by atoms with Crippen LogP contribution >= 0.6 is 0 Å². The first-order valence-corrected chi connectivity index (χ1v) is 12.7. The van der Waals surface area contributed by atoms with Crippen LogP contribution in [0.15, 0.2) is 41.2 Å². The molecule has 1 aliphatic carbocycles. The maximum atomic E-state index is 14.1. The highest BCUT2D eigenvalue weighted by Crippen LogP contribution is 2.36. The minimum atomic E-state index is -1.17. The van der Waals surface area contributed by atoms with E-state index in [1.165, 1.54) is 6.07 Å². The molecular weight excluding hydrogens is 415 g/mol. The molecule has 0 radical (unpaired) electrons. The first kappa shape index (κ1) is 22.4. The second kappa shape index (κ2) is 9.76. The monoisotopic (exact) mass is 446 g/mol. The Morgan fingerprint density at radius 3 is 2.58 bits per heavy atom. The Morgan fingerprint density at radius 2 is 1.87 bits per heavy atom. The van der Waals surface area contributed by atoms with E-state index in [2.05, 4.69) is 4.72 Å². The Balaban J connectivity index is 1.44. The summed E-state index contributed by atoms with van der Waals surface area (Å²) < 4.78 is 37.3. The number of nitrogens with one attached hydrogen (secondary N) is 1. The summed E-state index contributed by atoms with van der Waals surface area (Å²) >= 11 is 0. The van der Waals surface area contributed by atoms with Gasteiger partial charge in [0.1, 0.15) is 5.82 Å². The van der Waals surface area contributed by atoms with Crippen LogP contribution in [0.2, 0.25) is 0 Å². The molecule has 1 fully saturated rings. The normalized spacial score (nSPS) is 26.9. The van der Waals surface area contributed by atoms with Gasteiger partial charge in [-0.15, -0.1) is 0 Å². The van der Waals surface area contributed by atoms with Gasteiger partial charge < -0.3 is 9.30 Å². The Labute approximate surface area is 185 Å². The molecule has 0 spiro atoms. The lowest BCUT2D eigenvalue weighted by Gasteiger charge is -2.37. The first-order valence-electron chi connectivity index (χ1n) is 11.1. The van der Waals surface area contributed by atoms with Gasteiger partial charge in [0.05, 0.1) is 29.7 Å². The fourth-order valence-corrected chi connectivity index (χ4v) is 5.76. The summed E-state index contributed by atoms with van der Waals surface area (Å²) in [6.45, 7) is 2.23. The highest BCUT2D eigenvalue weighted by molar-refractivity contribution is 7.82. The van der Waals surface area contributed by atoms with Crippen LogP contribution in [-0.4, -0.2) is 33.8 Å². The maximum Gasteiger partial charge on any atom is 0.254 e. The maximum absolute atomic E-state index is 14.1. The van der Waals surface area contributed by atoms with E-state index < -0.39 is 11.0 Å². The van der Waals surface area contributed by atoms with Crippen molar-refractivity contribution in [2.45, 2.75) is 69.6 Å². The van der Waals surface area contributed by atoms with Gasteiger partial charge in [0.2, 0.25) is 0 Å². The first-order chi connectivity index (χ1) is 14.9. The highest BCUT2D eigenvalue weighted by Gasteiger charge is 2.33. The molecule has 3 atom stereocenters. The number of aryl methyl sites for hydroxylation is 2. The third kappa shape index (κ3) is 4.99. The molecule has 0 saturated heterocycles. The molecule has 1 saturated carbocycles. The molecule has 31 heavy (non-hydrogen) atoms. The number of fused-ring (bicyclic) bond motifs is 1. The summed E-state index contributed by atoms with van der Waals surface area (Å²) in [5.74, 6) is 0.112. The second-order valence-corrected chi connectivity index (χ2v) is 9.94. The van der Waals surface area contributed by atoms with Crippen LogP contribution < -0.4 is 10.3 Å². The Hall–Kier alpha value is -1.83. The van der Waals surface area contributed by atoms with Gasteiger partial charge in [0.25, 0.3) is 5.56 Å². The third-order valence-electron chi connectivity index (χ3n) is 6.74. The van der Waals surface area contributed by atoms with Crippen molar-refractivity contribution in [3.8, 4) is 0 Å². The van der Waals surface area contributed by atoms with Gasteiger partial charge in [-0.05, 0) is 69.1 Å². The van der Waals surface area contributed by atoms with Crippen molar-refractivity contribution >= 4 is 11.0 Å². The molecule has 3 unspecified atom stereocenters. The van der Waals surface area contributed by atoms with Gasteiger partial charge in [0.15, 0.2) is 0 Å². The molecule has 2 heterocycles. The molecule has 1 aliphatic heterocycles. The van der Waals surface area contributed by atoms with Crippen molar-refractivity contribution in [3.63, 3.8) is 0 Å². The lowest BCUT2D eigenvalue weighted by atomic mass is 9.82. The van der Waals surface area contributed by atoms with Gasteiger partial charge >= 0.3 is 0 Å². The number of aromatic nitrogens is 1. The van der Waals surface area contributed by atoms with Crippen molar-refractivity contribution < 1.29 is 13.3 Å². The second-order valence-electron chi connectivity index (χ2n) is 8.80. The molecule has 7 heteroatoms. The average Bonchev–Trinajstić information content (AvgIpc) is 2.76. The molecule has 2 aromatic rings. The van der Waals surface area contributed by atoms with Crippen LogP contribution in [0, 0.1) is 12.7 Å². The molecule has 0 amide bonds. The smallest absolute Gasteiger partial charge is 0.254 e. The lowest BCUT2D eigenvalue weighted by Crippen LogP contribution is -2.48. The molecule has 1 N–H and O–H groups in total. The van der Waals surface area contributed by atoms with Crippen molar-refractivity contribution in [2.24, 2.45) is 0 Å². The van der Waals surface area contributed by atoms with E-state index in [4.69, 9.17) is 4.74 Å². The summed E-state index contributed by atoms with van der Waals surface area (Å²) in [6, 6.07) is 10.7. The number of ether oxygens (including phenoxy) is 1. The van der Waals surface area contributed by atoms with Gasteiger partial charge in [-0.2, -0.15) is 0 Å². The van der Waals surface area contributed by atoms with Crippen molar-refractivity contribution in [1.82, 2.24) is 9.29 Å². The molecule has 1 aromatic heterocycles. The SMILES string of the molecule is Cc1ccc2n(c1=O)C(COC1CCC(c3ccccc3F)CC1)C(NS(C)=O)CC2. The summed E-state index contributed by atoms with van der Waals surface area (Å²) in [6.07, 6.45) is 6.85. The summed E-state index contributed by atoms with van der Waals surface area (Å²) in [4.78, 5) is 12.9. The number of nitrogens with zero attached hydrogens (tertiary/aromatic N) is 1. The van der Waals surface area contributed by atoms with Crippen LogP contribution in [0.1, 0.15) is 60.9 Å². The van der Waals surface area contributed by atoms with Crippen LogP contribution in [0.3, 0.4) is 0 Å². The zero-order valence-corrected chi connectivity index (χ0v) is 19.0. The fraction of sp³-hybridized carbons (Fsp3) is 0.542. The topological polar surface area (TPSA) is 60.3 Å². The number of halogens is 1. The molecular formula is C24H31FN2O3S. The number of benzene rings is 1. The van der Waals surface area contributed by atoms with Crippen LogP contribution in [-0.2, 0) is 22.1 Å². The summed E-state index contributed by atoms with van der Waals surface area (Å²) in [5, 5.41) is 0. The number of rotatable bonds is 6. The van der Waals surface area contributed by atoms with Gasteiger partial charge in [-0.3, -0.25) is 4.79 Å². The molecule has 1 aromatic carbocycles. The van der Waals surface area contributed by atoms with E-state index in [0.717, 1.165) is 49.8 Å². The largest absolute Gasteiger partial charge is 0.376 e. The van der Waals surface area contributed by atoms with Crippen molar-refractivity contribution in [2.75, 3.05) is 12.9 Å². The van der Waals surface area contributed by atoms with Crippen LogP contribution in [0.5, 0.6) is 0 Å². The Bertz CT molecular complexity index is 1000. The lowest BCUT2D eigenvalue weighted by molar-refractivity contribution is -0.00175. The van der Waals surface area contributed by atoms with Crippen LogP contribution in [0.4, 0.5) is 4.39 Å². The quantitative estimate of drug-likeness (QED) is 0.735. The van der Waals surface area contributed by atoms with E-state index in [0.29, 0.717) is 12.2 Å². The van der Waals surface area contributed by atoms with E-state index in [1.807, 2.05) is 35.8 Å². The van der Waals surface area contributed by atoms with Crippen molar-refractivity contribution in [3.05, 3.63) is 69.4 Å². The Morgan fingerprint density at radius 1 is 1.13 bits per heavy atom. The number of hydrogen-bond acceptors (Lipinski definition) is 3.